The van der Waals surface area contributed by atoms with E-state index in [1.807, 2.05) is 0 Å². The molecule has 0 spiro atoms. The minimum Gasteiger partial charge on any atom is -0.431 e. The Bertz CT molecular complexity index is 848. The van der Waals surface area contributed by atoms with Gasteiger partial charge >= 0.3 is 5.69 Å². The van der Waals surface area contributed by atoms with Crippen LogP contribution in [0.1, 0.15) is 5.56 Å². The van der Waals surface area contributed by atoms with Crippen molar-refractivity contribution in [2.45, 2.75) is 6.92 Å². The van der Waals surface area contributed by atoms with E-state index in [1.54, 1.807) is 19.1 Å². The third kappa shape index (κ3) is 2.36. The summed E-state index contributed by atoms with van der Waals surface area (Å²) in [4.78, 5) is 18.5. The molecule has 9 heteroatoms. The van der Waals surface area contributed by atoms with E-state index >= 15 is 0 Å². The number of benzene rings is 1. The molecule has 2 heterocycles. The zero-order valence-corrected chi connectivity index (χ0v) is 11.5. The van der Waals surface area contributed by atoms with Crippen molar-refractivity contribution in [3.8, 4) is 11.6 Å². The van der Waals surface area contributed by atoms with Gasteiger partial charge in [0.25, 0.3) is 0 Å². The molecule has 0 aliphatic heterocycles. The molecule has 3 rings (SSSR count). The molecule has 0 bridgehead atoms. The fraction of sp³-hybridized carbons (Fsp3) is 0.0833. The Balaban J connectivity index is 2.13. The second-order valence-electron chi connectivity index (χ2n) is 4.21. The van der Waals surface area contributed by atoms with E-state index in [0.29, 0.717) is 16.6 Å². The highest BCUT2D eigenvalue weighted by Gasteiger charge is 2.20. The number of H-pyrrole nitrogens is 1. The van der Waals surface area contributed by atoms with Gasteiger partial charge in [0.2, 0.25) is 16.9 Å². The Morgan fingerprint density at radius 1 is 1.38 bits per heavy atom. The van der Waals surface area contributed by atoms with Crippen molar-refractivity contribution in [3.63, 3.8) is 0 Å². The summed E-state index contributed by atoms with van der Waals surface area (Å²) >= 11 is 5.80. The van der Waals surface area contributed by atoms with Crippen LogP contribution in [0.5, 0.6) is 11.6 Å². The molecule has 106 valence electrons. The van der Waals surface area contributed by atoms with Gasteiger partial charge in [-0.1, -0.05) is 12.1 Å². The molecule has 0 atom stereocenters. The van der Waals surface area contributed by atoms with Crippen LogP contribution in [0, 0.1) is 17.0 Å². The Kier molecular flexibility index (Phi) is 3.15. The van der Waals surface area contributed by atoms with Gasteiger partial charge in [0.1, 0.15) is 5.39 Å². The number of hydrogen-bond donors (Lipinski definition) is 1. The Morgan fingerprint density at radius 3 is 2.95 bits per heavy atom. The van der Waals surface area contributed by atoms with Crippen LogP contribution in [0.25, 0.3) is 11.0 Å². The van der Waals surface area contributed by atoms with Gasteiger partial charge < -0.3 is 4.74 Å². The van der Waals surface area contributed by atoms with Gasteiger partial charge in [0, 0.05) is 5.56 Å². The van der Waals surface area contributed by atoms with Gasteiger partial charge in [-0.15, -0.1) is 0 Å². The molecule has 0 fully saturated rings. The first-order valence-electron chi connectivity index (χ1n) is 5.84. The molecule has 0 radical (unpaired) electrons. The van der Waals surface area contributed by atoms with Crippen molar-refractivity contribution in [2.24, 2.45) is 0 Å². The standard InChI is InChI=1S/C12H8ClN5O3/c1-6-3-2-4-8(9(6)18(19)20)21-11-7-5-14-17-10(7)15-12(13)16-11/h2-5H,1H3,(H,14,15,16,17). The first-order chi connectivity index (χ1) is 10.1. The number of nitro benzene ring substituents is 1. The van der Waals surface area contributed by atoms with Crippen molar-refractivity contribution in [1.29, 1.82) is 0 Å². The minimum absolute atomic E-state index is 0.0444. The number of aromatic nitrogens is 4. The fourth-order valence-electron chi connectivity index (χ4n) is 1.91. The molecule has 21 heavy (non-hydrogen) atoms. The van der Waals surface area contributed by atoms with Crippen molar-refractivity contribution < 1.29 is 9.66 Å². The lowest BCUT2D eigenvalue weighted by Crippen LogP contribution is -1.98. The quantitative estimate of drug-likeness (QED) is 0.453. The van der Waals surface area contributed by atoms with Gasteiger partial charge in [-0.2, -0.15) is 15.1 Å². The highest BCUT2D eigenvalue weighted by atomic mass is 35.5. The first kappa shape index (κ1) is 13.3. The van der Waals surface area contributed by atoms with Crippen molar-refractivity contribution in [2.75, 3.05) is 0 Å². The average Bonchev–Trinajstić information content (AvgIpc) is 2.86. The summed E-state index contributed by atoms with van der Waals surface area (Å²) in [6.45, 7) is 1.63. The number of para-hydroxylation sites is 1. The molecule has 1 aromatic carbocycles. The number of nitro groups is 1. The number of fused-ring (bicyclic) bond motifs is 1. The van der Waals surface area contributed by atoms with E-state index < -0.39 is 4.92 Å². The van der Waals surface area contributed by atoms with Gasteiger partial charge in [-0.25, -0.2) is 0 Å². The molecule has 8 nitrogen and oxygen atoms in total. The second-order valence-corrected chi connectivity index (χ2v) is 4.55. The summed E-state index contributed by atoms with van der Waals surface area (Å²) in [5, 5.41) is 18.1. The molecule has 0 amide bonds. The monoisotopic (exact) mass is 305 g/mol. The van der Waals surface area contributed by atoms with E-state index in [1.165, 1.54) is 12.3 Å². The third-order valence-electron chi connectivity index (χ3n) is 2.84. The normalized spacial score (nSPS) is 10.8. The van der Waals surface area contributed by atoms with E-state index in [9.17, 15) is 10.1 Å². The number of hydrogen-bond acceptors (Lipinski definition) is 6. The molecule has 0 unspecified atom stereocenters. The molecule has 3 aromatic rings. The predicted molar refractivity (Wildman–Crippen MR) is 74.6 cm³/mol. The van der Waals surface area contributed by atoms with Crippen LogP contribution in [-0.2, 0) is 0 Å². The molecule has 0 aliphatic carbocycles. The van der Waals surface area contributed by atoms with Crippen LogP contribution in [0.15, 0.2) is 24.4 Å². The maximum absolute atomic E-state index is 11.2. The molecule has 0 saturated carbocycles. The summed E-state index contributed by atoms with van der Waals surface area (Å²) in [5.41, 5.74) is 0.755. The molecular weight excluding hydrogens is 298 g/mol. The van der Waals surface area contributed by atoms with Crippen LogP contribution >= 0.6 is 11.6 Å². The van der Waals surface area contributed by atoms with E-state index in [4.69, 9.17) is 16.3 Å². The van der Waals surface area contributed by atoms with Crippen LogP contribution in [0.4, 0.5) is 5.69 Å². The summed E-state index contributed by atoms with van der Waals surface area (Å²) in [5.74, 6) is 0.185. The first-order valence-corrected chi connectivity index (χ1v) is 6.22. The fourth-order valence-corrected chi connectivity index (χ4v) is 2.07. The van der Waals surface area contributed by atoms with Crippen LogP contribution in [0.2, 0.25) is 5.28 Å². The van der Waals surface area contributed by atoms with Gasteiger partial charge in [-0.05, 0) is 24.6 Å². The Hall–Kier alpha value is -2.74. The van der Waals surface area contributed by atoms with E-state index in [2.05, 4.69) is 20.2 Å². The number of halogens is 1. The molecular formula is C12H8ClN5O3. The Labute approximate surface area is 122 Å². The highest BCUT2D eigenvalue weighted by molar-refractivity contribution is 6.28. The number of ether oxygens (including phenoxy) is 1. The van der Waals surface area contributed by atoms with Gasteiger partial charge in [0.05, 0.1) is 11.1 Å². The zero-order chi connectivity index (χ0) is 15.0. The van der Waals surface area contributed by atoms with E-state index in [0.717, 1.165) is 0 Å². The van der Waals surface area contributed by atoms with Crippen LogP contribution < -0.4 is 4.74 Å². The largest absolute Gasteiger partial charge is 0.431 e. The maximum Gasteiger partial charge on any atom is 0.314 e. The second kappa shape index (κ2) is 4.98. The van der Waals surface area contributed by atoms with Crippen molar-refractivity contribution in [1.82, 2.24) is 20.2 Å². The topological polar surface area (TPSA) is 107 Å². The molecule has 2 aromatic heterocycles. The van der Waals surface area contributed by atoms with Crippen LogP contribution in [0.3, 0.4) is 0 Å². The van der Waals surface area contributed by atoms with E-state index in [-0.39, 0.29) is 22.6 Å². The summed E-state index contributed by atoms with van der Waals surface area (Å²) < 4.78 is 5.57. The zero-order valence-electron chi connectivity index (χ0n) is 10.7. The summed E-state index contributed by atoms with van der Waals surface area (Å²) in [7, 11) is 0. The van der Waals surface area contributed by atoms with Crippen molar-refractivity contribution >= 4 is 28.3 Å². The molecule has 0 aliphatic rings. The number of rotatable bonds is 3. The number of aryl methyl sites for hydroxylation is 1. The Morgan fingerprint density at radius 2 is 2.19 bits per heavy atom. The van der Waals surface area contributed by atoms with Gasteiger partial charge in [0.15, 0.2) is 5.65 Å². The average molecular weight is 306 g/mol. The van der Waals surface area contributed by atoms with Crippen LogP contribution in [-0.4, -0.2) is 25.1 Å². The number of aromatic amines is 1. The minimum atomic E-state index is -0.500. The highest BCUT2D eigenvalue weighted by Crippen LogP contribution is 2.35. The maximum atomic E-state index is 11.2. The smallest absolute Gasteiger partial charge is 0.314 e. The SMILES string of the molecule is Cc1cccc(Oc2nc(Cl)nc3[nH]ncc23)c1[N+](=O)[O-]. The molecule has 1 N–H and O–H groups in total. The van der Waals surface area contributed by atoms with Gasteiger partial charge in [-0.3, -0.25) is 15.2 Å². The third-order valence-corrected chi connectivity index (χ3v) is 3.01. The van der Waals surface area contributed by atoms with Crippen molar-refractivity contribution in [3.05, 3.63) is 45.4 Å². The summed E-state index contributed by atoms with van der Waals surface area (Å²) in [6, 6.07) is 4.78. The molecule has 0 saturated heterocycles. The lowest BCUT2D eigenvalue weighted by molar-refractivity contribution is -0.386. The number of nitrogens with zero attached hydrogens (tertiary/aromatic N) is 4. The predicted octanol–water partition coefficient (Wildman–Crippen LogP) is 3.02. The number of nitrogens with one attached hydrogen (secondary N) is 1. The lowest BCUT2D eigenvalue weighted by atomic mass is 10.2. The lowest BCUT2D eigenvalue weighted by Gasteiger charge is -2.07. The summed E-state index contributed by atoms with van der Waals surface area (Å²) in [6.07, 6.45) is 1.46.